The van der Waals surface area contributed by atoms with Gasteiger partial charge in [0.2, 0.25) is 0 Å². The van der Waals surface area contributed by atoms with Gasteiger partial charge in [-0.25, -0.2) is 4.98 Å². The molecule has 0 amide bonds. The van der Waals surface area contributed by atoms with Crippen LogP contribution >= 0.6 is 11.3 Å². The van der Waals surface area contributed by atoms with Gasteiger partial charge in [-0.3, -0.25) is 4.79 Å². The van der Waals surface area contributed by atoms with Gasteiger partial charge < -0.3 is 4.74 Å². The second kappa shape index (κ2) is 6.26. The van der Waals surface area contributed by atoms with Crippen LogP contribution in [0.4, 0.5) is 0 Å². The van der Waals surface area contributed by atoms with Gasteiger partial charge in [0, 0.05) is 12.8 Å². The third-order valence-electron chi connectivity index (χ3n) is 3.33. The van der Waals surface area contributed by atoms with Crippen LogP contribution in [-0.2, 0) is 4.74 Å². The van der Waals surface area contributed by atoms with Gasteiger partial charge in [0.05, 0.1) is 4.88 Å². The molecule has 1 heterocycles. The molecule has 0 aromatic carbocycles. The second-order valence-electron chi connectivity index (χ2n) is 4.49. The molecule has 1 aliphatic rings. The summed E-state index contributed by atoms with van der Waals surface area (Å²) in [5, 5.41) is 0.973. The van der Waals surface area contributed by atoms with E-state index >= 15 is 0 Å². The number of aldehydes is 1. The largest absolute Gasteiger partial charge is 0.371 e. The van der Waals surface area contributed by atoms with E-state index in [-0.39, 0.29) is 6.10 Å². The molecule has 1 aromatic rings. The monoisotopic (exact) mass is 253 g/mol. The molecule has 1 unspecified atom stereocenters. The lowest BCUT2D eigenvalue weighted by molar-refractivity contribution is 0.00551. The molecule has 0 N–H and O–H groups in total. The summed E-state index contributed by atoms with van der Waals surface area (Å²) in [5.41, 5.74) is 0. The first-order chi connectivity index (χ1) is 8.35. The predicted octanol–water partition coefficient (Wildman–Crippen LogP) is 3.61. The van der Waals surface area contributed by atoms with E-state index in [1.807, 2.05) is 6.92 Å². The van der Waals surface area contributed by atoms with Crippen LogP contribution in [0.1, 0.15) is 59.8 Å². The number of thiazole rings is 1. The summed E-state index contributed by atoms with van der Waals surface area (Å²) < 4.78 is 5.86. The Morgan fingerprint density at radius 1 is 1.53 bits per heavy atom. The van der Waals surface area contributed by atoms with Gasteiger partial charge in [0.25, 0.3) is 0 Å². The molecule has 1 fully saturated rings. The molecule has 17 heavy (non-hydrogen) atoms. The molecule has 1 saturated carbocycles. The highest BCUT2D eigenvalue weighted by Crippen LogP contribution is 2.38. The van der Waals surface area contributed by atoms with Crippen LogP contribution in [0, 0.1) is 5.92 Å². The minimum atomic E-state index is 0.0963. The maximum atomic E-state index is 10.7. The number of aromatic nitrogens is 1. The number of hydrogen-bond acceptors (Lipinski definition) is 4. The first kappa shape index (κ1) is 12.7. The normalized spacial score (nSPS) is 19.1. The molecule has 3 nitrogen and oxygen atoms in total. The summed E-state index contributed by atoms with van der Waals surface area (Å²) in [7, 11) is 0. The summed E-state index contributed by atoms with van der Waals surface area (Å²) in [6.07, 6.45) is 8.99. The van der Waals surface area contributed by atoms with Gasteiger partial charge in [0.1, 0.15) is 11.1 Å². The van der Waals surface area contributed by atoms with E-state index in [2.05, 4.69) is 4.98 Å². The Bertz CT molecular complexity index is 358. The summed E-state index contributed by atoms with van der Waals surface area (Å²) in [6, 6.07) is 0. The highest BCUT2D eigenvalue weighted by molar-refractivity contribution is 7.13. The van der Waals surface area contributed by atoms with Crippen molar-refractivity contribution in [1.29, 1.82) is 0 Å². The molecule has 2 rings (SSSR count). The highest BCUT2D eigenvalue weighted by atomic mass is 32.1. The molecule has 0 aliphatic heterocycles. The topological polar surface area (TPSA) is 39.2 Å². The van der Waals surface area contributed by atoms with Gasteiger partial charge in [-0.2, -0.15) is 0 Å². The first-order valence-electron chi connectivity index (χ1n) is 6.37. The lowest BCUT2D eigenvalue weighted by Crippen LogP contribution is -2.19. The number of nitrogens with zero attached hydrogens (tertiary/aromatic N) is 1. The first-order valence-corrected chi connectivity index (χ1v) is 7.19. The van der Waals surface area contributed by atoms with Gasteiger partial charge in [-0.1, -0.05) is 19.3 Å². The van der Waals surface area contributed by atoms with Crippen molar-refractivity contribution < 1.29 is 9.53 Å². The Labute approximate surface area is 106 Å². The third-order valence-corrected chi connectivity index (χ3v) is 4.31. The van der Waals surface area contributed by atoms with Crippen molar-refractivity contribution in [3.8, 4) is 0 Å². The Morgan fingerprint density at radius 3 is 2.88 bits per heavy atom. The Hall–Kier alpha value is -0.740. The molecule has 94 valence electrons. The summed E-state index contributed by atoms with van der Waals surface area (Å²) in [4.78, 5) is 15.7. The van der Waals surface area contributed by atoms with E-state index in [0.29, 0.717) is 17.4 Å². The minimum absolute atomic E-state index is 0.0963. The molecule has 1 atom stereocenters. The van der Waals surface area contributed by atoms with E-state index in [1.165, 1.54) is 43.4 Å². The lowest BCUT2D eigenvalue weighted by Gasteiger charge is -2.28. The van der Waals surface area contributed by atoms with Gasteiger partial charge in [0.15, 0.2) is 6.29 Å². The quantitative estimate of drug-likeness (QED) is 0.752. The van der Waals surface area contributed by atoms with Gasteiger partial charge >= 0.3 is 0 Å². The lowest BCUT2D eigenvalue weighted by atomic mass is 9.85. The zero-order valence-electron chi connectivity index (χ0n) is 10.2. The molecule has 0 radical (unpaired) electrons. The van der Waals surface area contributed by atoms with Crippen molar-refractivity contribution in [2.75, 3.05) is 6.61 Å². The van der Waals surface area contributed by atoms with E-state index in [4.69, 9.17) is 4.74 Å². The van der Waals surface area contributed by atoms with Gasteiger partial charge in [-0.15, -0.1) is 11.3 Å². The fourth-order valence-corrected chi connectivity index (χ4v) is 3.39. The maximum absolute atomic E-state index is 10.7. The van der Waals surface area contributed by atoms with Crippen molar-refractivity contribution in [1.82, 2.24) is 4.98 Å². The average molecular weight is 253 g/mol. The standard InChI is InChI=1S/C13H19NO2S/c1-2-16-12(10-6-4-3-5-7-10)13-14-8-11(9-15)17-13/h8-10,12H,2-7H2,1H3. The molecule has 0 spiro atoms. The number of rotatable bonds is 5. The van der Waals surface area contributed by atoms with E-state index in [0.717, 1.165) is 11.3 Å². The molecule has 1 aliphatic carbocycles. The summed E-state index contributed by atoms with van der Waals surface area (Å²) >= 11 is 1.47. The van der Waals surface area contributed by atoms with Crippen LogP contribution in [0.3, 0.4) is 0 Å². The van der Waals surface area contributed by atoms with E-state index < -0.39 is 0 Å². The smallest absolute Gasteiger partial charge is 0.161 e. The van der Waals surface area contributed by atoms with Crippen molar-refractivity contribution in [3.05, 3.63) is 16.1 Å². The minimum Gasteiger partial charge on any atom is -0.371 e. The molecule has 0 saturated heterocycles. The third kappa shape index (κ3) is 3.13. The average Bonchev–Trinajstić information content (AvgIpc) is 2.85. The summed E-state index contributed by atoms with van der Waals surface area (Å²) in [5.74, 6) is 0.578. The van der Waals surface area contributed by atoms with Crippen LogP contribution < -0.4 is 0 Å². The Morgan fingerprint density at radius 2 is 2.29 bits per heavy atom. The van der Waals surface area contributed by atoms with Crippen LogP contribution in [0.25, 0.3) is 0 Å². The fourth-order valence-electron chi connectivity index (χ4n) is 2.51. The van der Waals surface area contributed by atoms with E-state index in [1.54, 1.807) is 6.20 Å². The highest BCUT2D eigenvalue weighted by Gasteiger charge is 2.27. The van der Waals surface area contributed by atoms with Crippen molar-refractivity contribution in [2.24, 2.45) is 5.92 Å². The predicted molar refractivity (Wildman–Crippen MR) is 68.4 cm³/mol. The van der Waals surface area contributed by atoms with Crippen molar-refractivity contribution >= 4 is 17.6 Å². The Kier molecular flexibility index (Phi) is 4.68. The van der Waals surface area contributed by atoms with Crippen molar-refractivity contribution in [2.45, 2.75) is 45.1 Å². The van der Waals surface area contributed by atoms with Crippen LogP contribution in [0.15, 0.2) is 6.20 Å². The van der Waals surface area contributed by atoms with Crippen LogP contribution in [0.2, 0.25) is 0 Å². The summed E-state index contributed by atoms with van der Waals surface area (Å²) in [6.45, 7) is 2.72. The fraction of sp³-hybridized carbons (Fsp3) is 0.692. The van der Waals surface area contributed by atoms with Crippen molar-refractivity contribution in [3.63, 3.8) is 0 Å². The molecule has 0 bridgehead atoms. The zero-order valence-corrected chi connectivity index (χ0v) is 11.0. The number of ether oxygens (including phenoxy) is 1. The van der Waals surface area contributed by atoms with Crippen LogP contribution in [-0.4, -0.2) is 17.9 Å². The molecule has 4 heteroatoms. The Balaban J connectivity index is 2.11. The second-order valence-corrected chi connectivity index (χ2v) is 5.59. The SMILES string of the molecule is CCOC(c1ncc(C=O)s1)C1CCCCC1. The number of carbonyl (C=O) groups is 1. The number of carbonyl (C=O) groups excluding carboxylic acids is 1. The number of hydrogen-bond donors (Lipinski definition) is 0. The van der Waals surface area contributed by atoms with Crippen LogP contribution in [0.5, 0.6) is 0 Å². The van der Waals surface area contributed by atoms with Gasteiger partial charge in [-0.05, 0) is 25.7 Å². The molecule has 1 aromatic heterocycles. The maximum Gasteiger partial charge on any atom is 0.161 e. The van der Waals surface area contributed by atoms with E-state index in [9.17, 15) is 4.79 Å². The zero-order chi connectivity index (χ0) is 12.1. The molecular formula is C13H19NO2S. The molecular weight excluding hydrogens is 234 g/mol.